The van der Waals surface area contributed by atoms with Crippen molar-refractivity contribution in [3.8, 4) is 22.5 Å². The fourth-order valence-electron chi connectivity index (χ4n) is 6.78. The van der Waals surface area contributed by atoms with Crippen LogP contribution in [0.15, 0.2) is 35.8 Å². The summed E-state index contributed by atoms with van der Waals surface area (Å²) in [4.78, 5) is 37.3. The van der Waals surface area contributed by atoms with Crippen molar-refractivity contribution in [2.24, 2.45) is 11.1 Å². The Balaban J connectivity index is 1.69. The molecule has 0 aliphatic carbocycles. The topological polar surface area (TPSA) is 116 Å². The zero-order valence-electron chi connectivity index (χ0n) is 29.2. The highest BCUT2D eigenvalue weighted by atomic mass is 32.1. The van der Waals surface area contributed by atoms with Gasteiger partial charge in [0.05, 0.1) is 52.7 Å². The van der Waals surface area contributed by atoms with E-state index in [0.29, 0.717) is 25.9 Å². The maximum Gasteiger partial charge on any atom is 0.293 e. The van der Waals surface area contributed by atoms with E-state index in [2.05, 4.69) is 66.3 Å². The number of piperazine rings is 1. The SMILES string of the molecule is CCCN1CCN(c2cnc(C(C)OC)c(-c3c(CC(C)(C)COC=O)c4cc(-c5csc(CC(N)C=O)n5)ccc4n3CC)c2)CC1. The second-order valence-corrected chi connectivity index (χ2v) is 14.5. The van der Waals surface area contributed by atoms with Crippen molar-refractivity contribution in [1.82, 2.24) is 19.4 Å². The number of nitrogens with zero attached hydrogens (tertiary/aromatic N) is 5. The van der Waals surface area contributed by atoms with Gasteiger partial charge in [0.15, 0.2) is 0 Å². The second kappa shape index (κ2) is 15.7. The number of anilines is 1. The maximum absolute atomic E-state index is 11.3. The van der Waals surface area contributed by atoms with Crippen LogP contribution in [0.25, 0.3) is 33.4 Å². The summed E-state index contributed by atoms with van der Waals surface area (Å²) in [5.41, 5.74) is 13.9. The Bertz CT molecular complexity index is 1710. The molecule has 1 aliphatic rings. The highest BCUT2D eigenvalue weighted by molar-refractivity contribution is 7.10. The molecule has 11 heteroatoms. The van der Waals surface area contributed by atoms with Crippen LogP contribution in [0, 0.1) is 5.41 Å². The Morgan fingerprint density at radius 3 is 2.56 bits per heavy atom. The third-order valence-electron chi connectivity index (χ3n) is 9.29. The Morgan fingerprint density at radius 1 is 1.12 bits per heavy atom. The second-order valence-electron chi connectivity index (χ2n) is 13.5. The van der Waals surface area contributed by atoms with E-state index in [-0.39, 0.29) is 11.5 Å². The van der Waals surface area contributed by atoms with Crippen molar-refractivity contribution < 1.29 is 19.1 Å². The summed E-state index contributed by atoms with van der Waals surface area (Å²) in [5.74, 6) is 0. The molecule has 2 unspecified atom stereocenters. The number of aldehydes is 1. The third kappa shape index (κ3) is 7.80. The van der Waals surface area contributed by atoms with Gasteiger partial charge in [0, 0.05) is 79.1 Å². The molecule has 4 aromatic rings. The van der Waals surface area contributed by atoms with E-state index in [4.69, 9.17) is 25.2 Å². The van der Waals surface area contributed by atoms with E-state index in [1.54, 1.807) is 7.11 Å². The van der Waals surface area contributed by atoms with Gasteiger partial charge in [-0.25, -0.2) is 4.98 Å². The molecule has 1 saturated heterocycles. The molecule has 48 heavy (non-hydrogen) atoms. The molecule has 0 amide bonds. The molecule has 3 aromatic heterocycles. The summed E-state index contributed by atoms with van der Waals surface area (Å²) in [6.07, 6.45) is 4.78. The van der Waals surface area contributed by atoms with Crippen LogP contribution in [0.2, 0.25) is 0 Å². The molecular formula is C37H50N6O4S. The van der Waals surface area contributed by atoms with Gasteiger partial charge in [-0.1, -0.05) is 26.8 Å². The van der Waals surface area contributed by atoms with Crippen LogP contribution in [0.4, 0.5) is 5.69 Å². The number of thiazole rings is 1. The monoisotopic (exact) mass is 674 g/mol. The number of ether oxygens (including phenoxy) is 2. The van der Waals surface area contributed by atoms with Crippen molar-refractivity contribution in [2.75, 3.05) is 51.3 Å². The van der Waals surface area contributed by atoms with Crippen molar-refractivity contribution in [2.45, 2.75) is 72.6 Å². The molecule has 2 N–H and O–H groups in total. The zero-order valence-corrected chi connectivity index (χ0v) is 30.0. The number of rotatable bonds is 16. The van der Waals surface area contributed by atoms with Gasteiger partial charge in [-0.2, -0.15) is 0 Å². The summed E-state index contributed by atoms with van der Waals surface area (Å²) < 4.78 is 13.6. The number of carbonyl (C=O) groups is 2. The predicted molar refractivity (Wildman–Crippen MR) is 194 cm³/mol. The number of aryl methyl sites for hydroxylation is 1. The minimum absolute atomic E-state index is 0.222. The number of pyridine rings is 1. The molecule has 258 valence electrons. The lowest BCUT2D eigenvalue weighted by molar-refractivity contribution is -0.131. The molecule has 2 atom stereocenters. The van der Waals surface area contributed by atoms with Gasteiger partial charge in [-0.3, -0.25) is 14.7 Å². The normalized spacial score (nSPS) is 15.5. The molecule has 1 aliphatic heterocycles. The van der Waals surface area contributed by atoms with Crippen LogP contribution in [0.5, 0.6) is 0 Å². The molecule has 4 heterocycles. The van der Waals surface area contributed by atoms with Gasteiger partial charge in [-0.05, 0) is 57.0 Å². The number of aromatic nitrogens is 3. The largest absolute Gasteiger partial charge is 0.467 e. The summed E-state index contributed by atoms with van der Waals surface area (Å²) in [5, 5.41) is 3.98. The highest BCUT2D eigenvalue weighted by Crippen LogP contribution is 2.43. The molecule has 0 saturated carbocycles. The number of hydrogen-bond acceptors (Lipinski definition) is 10. The quantitative estimate of drug-likeness (QED) is 0.145. The lowest BCUT2D eigenvalue weighted by Crippen LogP contribution is -2.46. The van der Waals surface area contributed by atoms with E-state index < -0.39 is 6.04 Å². The molecule has 1 fully saturated rings. The number of benzene rings is 1. The molecular weight excluding hydrogens is 625 g/mol. The molecule has 0 spiro atoms. The van der Waals surface area contributed by atoms with Crippen LogP contribution in [-0.4, -0.2) is 84.7 Å². The van der Waals surface area contributed by atoms with Crippen LogP contribution in [0.1, 0.15) is 63.4 Å². The van der Waals surface area contributed by atoms with E-state index >= 15 is 0 Å². The van der Waals surface area contributed by atoms with Crippen LogP contribution in [0.3, 0.4) is 0 Å². The number of nitrogens with two attached hydrogens (primary N) is 1. The molecule has 5 rings (SSSR count). The molecule has 0 radical (unpaired) electrons. The molecule has 0 bridgehead atoms. The van der Waals surface area contributed by atoms with Gasteiger partial charge in [0.2, 0.25) is 0 Å². The number of hydrogen-bond donors (Lipinski definition) is 1. The average molecular weight is 675 g/mol. The highest BCUT2D eigenvalue weighted by Gasteiger charge is 2.30. The summed E-state index contributed by atoms with van der Waals surface area (Å²) in [7, 11) is 1.73. The fourth-order valence-corrected chi connectivity index (χ4v) is 7.66. The third-order valence-corrected chi connectivity index (χ3v) is 10.2. The van der Waals surface area contributed by atoms with Gasteiger partial charge in [-0.15, -0.1) is 11.3 Å². The van der Waals surface area contributed by atoms with Crippen LogP contribution >= 0.6 is 11.3 Å². The predicted octanol–water partition coefficient (Wildman–Crippen LogP) is 5.90. The smallest absolute Gasteiger partial charge is 0.293 e. The average Bonchev–Trinajstić information content (AvgIpc) is 3.68. The van der Waals surface area contributed by atoms with Crippen LogP contribution in [-0.2, 0) is 38.4 Å². The first-order valence-electron chi connectivity index (χ1n) is 17.0. The van der Waals surface area contributed by atoms with E-state index in [0.717, 1.165) is 102 Å². The Hall–Kier alpha value is -3.64. The van der Waals surface area contributed by atoms with Crippen molar-refractivity contribution in [3.63, 3.8) is 0 Å². The van der Waals surface area contributed by atoms with Crippen molar-refractivity contribution in [3.05, 3.63) is 52.1 Å². The minimum atomic E-state index is -0.566. The zero-order chi connectivity index (χ0) is 34.4. The minimum Gasteiger partial charge on any atom is -0.467 e. The Morgan fingerprint density at radius 2 is 1.90 bits per heavy atom. The first-order chi connectivity index (χ1) is 23.1. The lowest BCUT2D eigenvalue weighted by Gasteiger charge is -2.36. The first-order valence-corrected chi connectivity index (χ1v) is 17.9. The van der Waals surface area contributed by atoms with E-state index in [1.807, 2.05) is 18.5 Å². The van der Waals surface area contributed by atoms with Gasteiger partial charge >= 0.3 is 0 Å². The number of methoxy groups -OCH3 is 1. The van der Waals surface area contributed by atoms with Gasteiger partial charge in [0.25, 0.3) is 6.47 Å². The lowest BCUT2D eigenvalue weighted by atomic mass is 9.84. The number of carbonyl (C=O) groups excluding carboxylic acids is 2. The van der Waals surface area contributed by atoms with E-state index in [1.165, 1.54) is 16.9 Å². The van der Waals surface area contributed by atoms with Crippen LogP contribution < -0.4 is 10.6 Å². The number of fused-ring (bicyclic) bond motifs is 1. The van der Waals surface area contributed by atoms with Crippen molar-refractivity contribution >= 4 is 40.7 Å². The van der Waals surface area contributed by atoms with E-state index in [9.17, 15) is 9.59 Å². The Labute approximate surface area is 288 Å². The summed E-state index contributed by atoms with van der Waals surface area (Å²) in [6.45, 7) is 17.4. The standard InChI is InChI=1S/C37H50N6O4S/c1-7-11-41-12-14-42(15-13-41)28-18-30(35(39-20-28)25(3)46-6)36-31(19-37(4,5)23-47-24-45)29-16-26(9-10-33(29)43(36)8-2)32-22-48-34(40-32)17-27(38)21-44/h9-10,16,18,20-22,24-25,27H,7-8,11-15,17,19,23,38H2,1-6H3. The molecule has 1 aromatic carbocycles. The molecule has 10 nitrogen and oxygen atoms in total. The summed E-state index contributed by atoms with van der Waals surface area (Å²) >= 11 is 1.52. The summed E-state index contributed by atoms with van der Waals surface area (Å²) in [6, 6.07) is 8.25. The Kier molecular flexibility index (Phi) is 11.7. The van der Waals surface area contributed by atoms with Crippen molar-refractivity contribution in [1.29, 1.82) is 0 Å². The van der Waals surface area contributed by atoms with Gasteiger partial charge < -0.3 is 29.5 Å². The maximum atomic E-state index is 11.3. The fraction of sp³-hybridized carbons (Fsp3) is 0.514. The van der Waals surface area contributed by atoms with Gasteiger partial charge in [0.1, 0.15) is 6.29 Å². The first kappa shape index (κ1) is 35.7.